The molecule has 3 nitrogen and oxygen atoms in total. The molecule has 1 N–H and O–H groups in total. The van der Waals surface area contributed by atoms with Crippen molar-refractivity contribution in [2.75, 3.05) is 0 Å². The molecule has 0 aliphatic rings. The second-order valence-electron chi connectivity index (χ2n) is 4.39. The smallest absolute Gasteiger partial charge is 0.144 e. The lowest BCUT2D eigenvalue weighted by molar-refractivity contribution is 0.472. The zero-order chi connectivity index (χ0) is 14.4. The number of hydrogen-bond acceptors (Lipinski definition) is 2. The van der Waals surface area contributed by atoms with Crippen molar-refractivity contribution in [2.24, 2.45) is 7.05 Å². The van der Waals surface area contributed by atoms with E-state index in [4.69, 9.17) is 11.6 Å². The van der Waals surface area contributed by atoms with Crippen molar-refractivity contribution in [3.05, 3.63) is 42.5 Å². The molecule has 0 aliphatic heterocycles. The molecule has 0 radical (unpaired) electrons. The Hall–Kier alpha value is -0.540. The molecule has 20 heavy (non-hydrogen) atoms. The summed E-state index contributed by atoms with van der Waals surface area (Å²) in [6, 6.07) is 9.48. The fraction of sp³-hybridized carbons (Fsp3) is 0.0714. The van der Waals surface area contributed by atoms with Crippen LogP contribution in [-0.4, -0.2) is 14.7 Å². The summed E-state index contributed by atoms with van der Waals surface area (Å²) in [4.78, 5) is 4.60. The number of hydrogen-bond donors (Lipinski definition) is 1. The first-order valence-corrected chi connectivity index (χ1v) is 8.32. The molecule has 0 saturated heterocycles. The first kappa shape index (κ1) is 14.4. The number of halogens is 3. The molecule has 0 amide bonds. The van der Waals surface area contributed by atoms with Gasteiger partial charge in [-0.1, -0.05) is 17.7 Å². The highest BCUT2D eigenvalue weighted by molar-refractivity contribution is 14.1. The molecule has 0 atom stereocenters. The molecule has 2 aromatic carbocycles. The van der Waals surface area contributed by atoms with Crippen LogP contribution in [0.25, 0.3) is 22.4 Å². The predicted octanol–water partition coefficient (Wildman–Crippen LogP) is 4.81. The van der Waals surface area contributed by atoms with E-state index in [2.05, 4.69) is 50.2 Å². The first-order valence-electron chi connectivity index (χ1n) is 5.78. The number of fused-ring (bicyclic) bond motifs is 1. The number of aromatic nitrogens is 2. The van der Waals surface area contributed by atoms with E-state index in [-0.39, 0.29) is 5.75 Å². The summed E-state index contributed by atoms with van der Waals surface area (Å²) < 4.78 is 3.78. The minimum absolute atomic E-state index is 0.251. The lowest BCUT2D eigenvalue weighted by atomic mass is 10.2. The molecule has 0 bridgehead atoms. The average molecular weight is 511 g/mol. The standard InChI is InChI=1S/C14H9ClI2N2O/c1-19-12-9(15)3-2-4-11(12)18-14(19)8-5-7(16)6-10(17)13(8)20/h2-6,20H,1H3. The van der Waals surface area contributed by atoms with Gasteiger partial charge < -0.3 is 9.67 Å². The molecule has 0 aliphatic carbocycles. The minimum Gasteiger partial charge on any atom is -0.506 e. The van der Waals surface area contributed by atoms with Crippen LogP contribution in [0.15, 0.2) is 30.3 Å². The van der Waals surface area contributed by atoms with Gasteiger partial charge in [-0.25, -0.2) is 4.98 Å². The Morgan fingerprint density at radius 2 is 2.00 bits per heavy atom. The van der Waals surface area contributed by atoms with Gasteiger partial charge in [0.05, 0.1) is 25.2 Å². The Kier molecular flexibility index (Phi) is 3.85. The van der Waals surface area contributed by atoms with Crippen molar-refractivity contribution in [3.8, 4) is 17.1 Å². The van der Waals surface area contributed by atoms with Gasteiger partial charge in [0.15, 0.2) is 0 Å². The Morgan fingerprint density at radius 3 is 2.70 bits per heavy atom. The highest BCUT2D eigenvalue weighted by atomic mass is 127. The van der Waals surface area contributed by atoms with Crippen molar-refractivity contribution in [1.29, 1.82) is 0 Å². The zero-order valence-electron chi connectivity index (χ0n) is 10.4. The lowest BCUT2D eigenvalue weighted by Gasteiger charge is -2.08. The molecule has 0 saturated carbocycles. The van der Waals surface area contributed by atoms with Crippen LogP contribution < -0.4 is 0 Å². The van der Waals surface area contributed by atoms with Gasteiger partial charge in [-0.3, -0.25) is 0 Å². The van der Waals surface area contributed by atoms with E-state index in [0.717, 1.165) is 23.7 Å². The van der Waals surface area contributed by atoms with Crippen LogP contribution in [0.1, 0.15) is 0 Å². The van der Waals surface area contributed by atoms with Crippen molar-refractivity contribution in [3.63, 3.8) is 0 Å². The van der Waals surface area contributed by atoms with Crippen LogP contribution in [-0.2, 0) is 7.05 Å². The summed E-state index contributed by atoms with van der Waals surface area (Å²) in [6.45, 7) is 0. The summed E-state index contributed by atoms with van der Waals surface area (Å²) in [5, 5.41) is 11.0. The summed E-state index contributed by atoms with van der Waals surface area (Å²) in [5.41, 5.74) is 2.41. The highest BCUT2D eigenvalue weighted by Gasteiger charge is 2.17. The van der Waals surface area contributed by atoms with Gasteiger partial charge in [0.2, 0.25) is 0 Å². The number of nitrogens with zero attached hydrogens (tertiary/aromatic N) is 2. The summed E-state index contributed by atoms with van der Waals surface area (Å²) in [6.07, 6.45) is 0. The molecule has 1 heterocycles. The fourth-order valence-corrected chi connectivity index (χ4v) is 4.34. The molecule has 0 fully saturated rings. The largest absolute Gasteiger partial charge is 0.506 e. The van der Waals surface area contributed by atoms with E-state index in [1.165, 1.54) is 0 Å². The third-order valence-corrected chi connectivity index (χ3v) is 4.86. The monoisotopic (exact) mass is 510 g/mol. The van der Waals surface area contributed by atoms with Crippen molar-refractivity contribution < 1.29 is 5.11 Å². The van der Waals surface area contributed by atoms with E-state index in [1.54, 1.807) is 0 Å². The second kappa shape index (κ2) is 5.34. The Labute approximate surface area is 148 Å². The third kappa shape index (κ3) is 2.29. The number of aromatic hydroxyl groups is 1. The van der Waals surface area contributed by atoms with Crippen LogP contribution in [0.4, 0.5) is 0 Å². The van der Waals surface area contributed by atoms with Gasteiger partial charge in [-0.15, -0.1) is 0 Å². The quantitative estimate of drug-likeness (QED) is 0.478. The summed E-state index contributed by atoms with van der Waals surface area (Å²) in [7, 11) is 1.91. The summed E-state index contributed by atoms with van der Waals surface area (Å²) >= 11 is 10.6. The Morgan fingerprint density at radius 1 is 1.25 bits per heavy atom. The second-order valence-corrected chi connectivity index (χ2v) is 7.20. The number of imidazole rings is 1. The Bertz CT molecular complexity index is 830. The van der Waals surface area contributed by atoms with Gasteiger partial charge in [-0.2, -0.15) is 0 Å². The highest BCUT2D eigenvalue weighted by Crippen LogP contribution is 2.36. The van der Waals surface area contributed by atoms with Gasteiger partial charge >= 0.3 is 0 Å². The van der Waals surface area contributed by atoms with E-state index < -0.39 is 0 Å². The molecule has 0 unspecified atom stereocenters. The van der Waals surface area contributed by atoms with Crippen LogP contribution in [0.5, 0.6) is 5.75 Å². The van der Waals surface area contributed by atoms with Gasteiger partial charge in [-0.05, 0) is 69.4 Å². The lowest BCUT2D eigenvalue weighted by Crippen LogP contribution is -1.95. The topological polar surface area (TPSA) is 38.0 Å². The molecule has 3 aromatic rings. The molecular formula is C14H9ClI2N2O. The third-order valence-electron chi connectivity index (χ3n) is 3.11. The Balaban J connectivity index is 2.36. The first-order chi connectivity index (χ1) is 9.49. The van der Waals surface area contributed by atoms with Crippen molar-refractivity contribution in [2.45, 2.75) is 0 Å². The number of benzene rings is 2. The maximum atomic E-state index is 10.3. The van der Waals surface area contributed by atoms with E-state index in [1.807, 2.05) is 41.9 Å². The molecular weight excluding hydrogens is 501 g/mol. The van der Waals surface area contributed by atoms with Gasteiger partial charge in [0, 0.05) is 10.6 Å². The van der Waals surface area contributed by atoms with Crippen LogP contribution in [0.3, 0.4) is 0 Å². The van der Waals surface area contributed by atoms with Crippen molar-refractivity contribution >= 4 is 67.8 Å². The molecule has 0 spiro atoms. The van der Waals surface area contributed by atoms with E-state index in [9.17, 15) is 5.11 Å². The maximum Gasteiger partial charge on any atom is 0.144 e. The number of aryl methyl sites for hydroxylation is 1. The average Bonchev–Trinajstić information content (AvgIpc) is 2.72. The zero-order valence-corrected chi connectivity index (χ0v) is 15.4. The number of phenolic OH excluding ortho intramolecular Hbond substituents is 1. The summed E-state index contributed by atoms with van der Waals surface area (Å²) in [5.74, 6) is 0.961. The van der Waals surface area contributed by atoms with Crippen LogP contribution in [0, 0.1) is 7.14 Å². The van der Waals surface area contributed by atoms with Crippen LogP contribution in [0.2, 0.25) is 5.02 Å². The SMILES string of the molecule is Cn1c(-c2cc(I)cc(I)c2O)nc2cccc(Cl)c21. The molecule has 3 rings (SSSR count). The fourth-order valence-electron chi connectivity index (χ4n) is 2.20. The predicted molar refractivity (Wildman–Crippen MR) is 98.3 cm³/mol. The molecule has 6 heteroatoms. The number of phenols is 1. The van der Waals surface area contributed by atoms with Crippen molar-refractivity contribution in [1.82, 2.24) is 9.55 Å². The van der Waals surface area contributed by atoms with Gasteiger partial charge in [0.25, 0.3) is 0 Å². The number of rotatable bonds is 1. The molecule has 1 aromatic heterocycles. The molecule has 102 valence electrons. The van der Waals surface area contributed by atoms with Gasteiger partial charge in [0.1, 0.15) is 11.6 Å². The number of para-hydroxylation sites is 1. The minimum atomic E-state index is 0.251. The van der Waals surface area contributed by atoms with E-state index in [0.29, 0.717) is 10.8 Å². The van der Waals surface area contributed by atoms with E-state index >= 15 is 0 Å². The normalized spacial score (nSPS) is 11.2. The maximum absolute atomic E-state index is 10.3. The van der Waals surface area contributed by atoms with Crippen LogP contribution >= 0.6 is 56.8 Å².